The van der Waals surface area contributed by atoms with Gasteiger partial charge in [-0.25, -0.2) is 0 Å². The van der Waals surface area contributed by atoms with Gasteiger partial charge >= 0.3 is 0 Å². The average Bonchev–Trinajstić information content (AvgIpc) is 2.29. The Kier molecular flexibility index (Phi) is 3.56. The number of benzene rings is 1. The quantitative estimate of drug-likeness (QED) is 0.818. The van der Waals surface area contributed by atoms with Gasteiger partial charge in [-0.3, -0.25) is 0 Å². The highest BCUT2D eigenvalue weighted by atomic mass is 127. The molecule has 0 radical (unpaired) electrons. The Morgan fingerprint density at radius 2 is 2.00 bits per heavy atom. The average molecular weight is 327 g/mol. The van der Waals surface area contributed by atoms with Crippen LogP contribution in [-0.2, 0) is 0 Å². The van der Waals surface area contributed by atoms with Gasteiger partial charge in [0.2, 0.25) is 0 Å². The third-order valence-corrected chi connectivity index (χ3v) is 4.14. The summed E-state index contributed by atoms with van der Waals surface area (Å²) in [5.41, 5.74) is 3.41. The molecule has 0 fully saturated rings. The van der Waals surface area contributed by atoms with Gasteiger partial charge in [-0.15, -0.1) is 0 Å². The second-order valence-corrected chi connectivity index (χ2v) is 5.67. The fourth-order valence-corrected chi connectivity index (χ4v) is 2.55. The molecular weight excluding hydrogens is 313 g/mol. The van der Waals surface area contributed by atoms with Gasteiger partial charge in [0.15, 0.2) is 0 Å². The summed E-state index contributed by atoms with van der Waals surface area (Å²) in [6.07, 6.45) is 3.12. The van der Waals surface area contributed by atoms with Crippen LogP contribution in [-0.4, -0.2) is 15.8 Å². The first-order valence-electron chi connectivity index (χ1n) is 5.02. The fourth-order valence-electron chi connectivity index (χ4n) is 1.69. The summed E-state index contributed by atoms with van der Waals surface area (Å²) in [5, 5.41) is 12.3. The van der Waals surface area contributed by atoms with E-state index in [9.17, 15) is 5.11 Å². The zero-order valence-electron chi connectivity index (χ0n) is 9.07. The second-order valence-electron chi connectivity index (χ2n) is 3.66. The molecule has 1 aliphatic heterocycles. The standard InChI is InChI=1S/C13H14INO/c1-9-7-13(16)15-8-12(9)10-3-5-11(14-2)6-4-10/h3-8,13,15-16H,2H2,1H3. The number of halogens is 1. The molecule has 1 heterocycles. The Hall–Kier alpha value is -0.940. The molecule has 0 bridgehead atoms. The van der Waals surface area contributed by atoms with Gasteiger partial charge in [-0.05, 0) is 36.3 Å². The lowest BCUT2D eigenvalue weighted by Gasteiger charge is -2.18. The Labute approximate surface area is 105 Å². The highest BCUT2D eigenvalue weighted by Gasteiger charge is 2.10. The fraction of sp³-hybridized carbons (Fsp3) is 0.154. The van der Waals surface area contributed by atoms with Crippen molar-refractivity contribution in [1.82, 2.24) is 5.32 Å². The molecule has 0 saturated carbocycles. The number of aliphatic hydroxyl groups is 1. The van der Waals surface area contributed by atoms with E-state index in [0.717, 1.165) is 11.1 Å². The number of rotatable bonds is 2. The number of hydrogen-bond donors (Lipinski definition) is 2. The van der Waals surface area contributed by atoms with E-state index < -0.39 is 6.23 Å². The summed E-state index contributed by atoms with van der Waals surface area (Å²) in [5.74, 6) is 0. The molecule has 0 aliphatic carbocycles. The van der Waals surface area contributed by atoms with E-state index in [0.29, 0.717) is 0 Å². The van der Waals surface area contributed by atoms with Crippen molar-refractivity contribution in [3.05, 3.63) is 51.2 Å². The highest BCUT2D eigenvalue weighted by Crippen LogP contribution is 2.25. The van der Waals surface area contributed by atoms with Crippen LogP contribution >= 0.6 is 20.7 Å². The molecule has 3 heteroatoms. The zero-order valence-corrected chi connectivity index (χ0v) is 11.2. The van der Waals surface area contributed by atoms with E-state index in [-0.39, 0.29) is 20.7 Å². The van der Waals surface area contributed by atoms with Gasteiger partial charge in [-0.1, -0.05) is 37.4 Å². The van der Waals surface area contributed by atoms with Crippen LogP contribution in [0.25, 0.3) is 5.57 Å². The van der Waals surface area contributed by atoms with Crippen LogP contribution in [0.1, 0.15) is 12.5 Å². The van der Waals surface area contributed by atoms with Gasteiger partial charge in [0.25, 0.3) is 0 Å². The SMILES string of the molecule is C=Ic1ccc(C2=CNC(O)C=C2C)cc1. The minimum atomic E-state index is -0.561. The lowest BCUT2D eigenvalue weighted by molar-refractivity contribution is 0.200. The van der Waals surface area contributed by atoms with Gasteiger partial charge in [-0.2, -0.15) is 0 Å². The largest absolute Gasteiger partial charge is 0.370 e. The number of allylic oxidation sites excluding steroid dienone is 2. The summed E-state index contributed by atoms with van der Waals surface area (Å²) >= 11 is -0.0804. The molecule has 16 heavy (non-hydrogen) atoms. The van der Waals surface area contributed by atoms with E-state index in [1.54, 1.807) is 0 Å². The van der Waals surface area contributed by atoms with Crippen molar-refractivity contribution >= 4 is 30.8 Å². The molecule has 1 atom stereocenters. The third kappa shape index (κ3) is 2.41. The van der Waals surface area contributed by atoms with E-state index in [2.05, 4.69) is 34.1 Å². The predicted molar refractivity (Wildman–Crippen MR) is 77.2 cm³/mol. The molecule has 2 nitrogen and oxygen atoms in total. The zero-order chi connectivity index (χ0) is 11.5. The first kappa shape index (κ1) is 11.5. The molecule has 1 aromatic carbocycles. The van der Waals surface area contributed by atoms with Crippen LogP contribution in [0.4, 0.5) is 0 Å². The first-order chi connectivity index (χ1) is 7.70. The maximum atomic E-state index is 9.39. The normalized spacial score (nSPS) is 19.8. The number of nitrogens with one attached hydrogen (secondary N) is 1. The van der Waals surface area contributed by atoms with E-state index in [1.165, 1.54) is 9.13 Å². The highest BCUT2D eigenvalue weighted by molar-refractivity contribution is 14.2. The summed E-state index contributed by atoms with van der Waals surface area (Å²) in [6.45, 7) is 2.01. The number of hydrogen-bond acceptors (Lipinski definition) is 2. The summed E-state index contributed by atoms with van der Waals surface area (Å²) in [6, 6.07) is 8.50. The van der Waals surface area contributed by atoms with Crippen LogP contribution in [0.15, 0.2) is 42.1 Å². The Morgan fingerprint density at radius 3 is 2.56 bits per heavy atom. The minimum Gasteiger partial charge on any atom is -0.370 e. The summed E-state index contributed by atoms with van der Waals surface area (Å²) in [4.78, 5) is 0. The molecule has 2 rings (SSSR count). The topological polar surface area (TPSA) is 32.3 Å². The van der Waals surface area contributed by atoms with Crippen molar-refractivity contribution in [3.63, 3.8) is 0 Å². The van der Waals surface area contributed by atoms with E-state index in [1.807, 2.05) is 19.2 Å². The molecule has 2 N–H and O–H groups in total. The second kappa shape index (κ2) is 4.93. The maximum Gasteiger partial charge on any atom is 0.143 e. The van der Waals surface area contributed by atoms with E-state index >= 15 is 0 Å². The molecule has 0 spiro atoms. The summed E-state index contributed by atoms with van der Waals surface area (Å²) < 4.78 is 5.30. The van der Waals surface area contributed by atoms with Crippen LogP contribution in [0.5, 0.6) is 0 Å². The van der Waals surface area contributed by atoms with Crippen molar-refractivity contribution in [2.45, 2.75) is 13.2 Å². The molecule has 1 aromatic rings. The molecule has 1 aliphatic rings. The summed E-state index contributed by atoms with van der Waals surface area (Å²) in [7, 11) is 0. The van der Waals surface area contributed by atoms with Crippen LogP contribution in [0.3, 0.4) is 0 Å². The lowest BCUT2D eigenvalue weighted by Crippen LogP contribution is -2.24. The van der Waals surface area contributed by atoms with Crippen molar-refractivity contribution in [2.75, 3.05) is 0 Å². The van der Waals surface area contributed by atoms with Crippen molar-refractivity contribution in [1.29, 1.82) is 0 Å². The monoisotopic (exact) mass is 327 g/mol. The molecule has 84 valence electrons. The van der Waals surface area contributed by atoms with Crippen LogP contribution < -0.4 is 5.32 Å². The predicted octanol–water partition coefficient (Wildman–Crippen LogP) is 2.47. The first-order valence-corrected chi connectivity index (χ1v) is 7.63. The van der Waals surface area contributed by atoms with Crippen molar-refractivity contribution in [3.8, 4) is 0 Å². The van der Waals surface area contributed by atoms with Gasteiger partial charge in [0, 0.05) is 15.3 Å². The minimum absolute atomic E-state index is 0.0804. The van der Waals surface area contributed by atoms with Gasteiger partial charge < -0.3 is 10.4 Å². The van der Waals surface area contributed by atoms with Gasteiger partial charge in [0.1, 0.15) is 6.23 Å². The van der Waals surface area contributed by atoms with E-state index in [4.69, 9.17) is 0 Å². The molecule has 1 unspecified atom stereocenters. The Bertz CT molecular complexity index is 459. The molecule has 0 aromatic heterocycles. The molecule has 0 saturated heterocycles. The Balaban J connectivity index is 2.31. The smallest absolute Gasteiger partial charge is 0.143 e. The number of dihydropyridines is 1. The maximum absolute atomic E-state index is 9.39. The van der Waals surface area contributed by atoms with Crippen LogP contribution in [0.2, 0.25) is 0 Å². The third-order valence-electron chi connectivity index (χ3n) is 2.54. The molecular formula is C13H14INO. The molecule has 0 amide bonds. The van der Waals surface area contributed by atoms with Crippen LogP contribution in [0, 0.1) is 3.57 Å². The lowest BCUT2D eigenvalue weighted by atomic mass is 9.98. The van der Waals surface area contributed by atoms with Crippen molar-refractivity contribution in [2.24, 2.45) is 0 Å². The van der Waals surface area contributed by atoms with Gasteiger partial charge in [0.05, 0.1) is 0 Å². The Morgan fingerprint density at radius 1 is 1.31 bits per heavy atom. The van der Waals surface area contributed by atoms with Crippen molar-refractivity contribution < 1.29 is 5.11 Å². The number of aliphatic hydroxyl groups excluding tert-OH is 1.